The summed E-state index contributed by atoms with van der Waals surface area (Å²) < 4.78 is 6.07. The molecule has 7 aromatic rings. The molecule has 0 N–H and O–H groups in total. The van der Waals surface area contributed by atoms with E-state index in [9.17, 15) is 0 Å². The summed E-state index contributed by atoms with van der Waals surface area (Å²) >= 11 is 3.80. The van der Waals surface area contributed by atoms with E-state index in [1.165, 1.54) is 64.1 Å². The van der Waals surface area contributed by atoms with E-state index in [1.807, 2.05) is 35.7 Å². The molecule has 2 aliphatic rings. The second kappa shape index (κ2) is 8.91. The molecular weight excluding hydrogens is 549 g/mol. The molecule has 0 unspecified atom stereocenters. The summed E-state index contributed by atoms with van der Waals surface area (Å²) in [5.41, 5.74) is 12.3. The summed E-state index contributed by atoms with van der Waals surface area (Å²) in [6.07, 6.45) is 0. The van der Waals surface area contributed by atoms with Gasteiger partial charge in [-0.05, 0) is 99.1 Å². The first-order valence-corrected chi connectivity index (χ1v) is 16.0. The van der Waals surface area contributed by atoms with Crippen molar-refractivity contribution in [2.45, 2.75) is 38.8 Å². The smallest absolute Gasteiger partial charge is 0.135 e. The molecule has 0 spiro atoms. The second-order valence-electron chi connectivity index (χ2n) is 11.8. The van der Waals surface area contributed by atoms with Crippen molar-refractivity contribution in [3.8, 4) is 33.4 Å². The number of hydrogen-bond acceptors (Lipinski definition) is 3. The van der Waals surface area contributed by atoms with Gasteiger partial charge in [0, 0.05) is 35.8 Å². The number of rotatable bonds is 2. The fourth-order valence-electron chi connectivity index (χ4n) is 6.72. The van der Waals surface area contributed by atoms with Gasteiger partial charge in [0.05, 0.1) is 0 Å². The van der Waals surface area contributed by atoms with Gasteiger partial charge < -0.3 is 4.42 Å². The summed E-state index contributed by atoms with van der Waals surface area (Å²) in [7, 11) is 0. The van der Waals surface area contributed by atoms with Crippen molar-refractivity contribution < 1.29 is 4.42 Å². The number of para-hydroxylation sites is 1. The Bertz CT molecular complexity index is 2240. The fourth-order valence-corrected chi connectivity index (χ4v) is 9.00. The monoisotopic (exact) mass is 574 g/mol. The highest BCUT2D eigenvalue weighted by Gasteiger charge is 2.37. The standard InChI is InChI=1S/C39H26OS2/c1-39(2)31-20-26(14-16-27(31)29-21-37-38(22-32(29)39)42-36-13-6-5-12-35(36)41-37)24-9-7-8-23(18-24)25-15-17-34-30(19-25)28-10-3-4-11-33(28)40-34/h3-22H,1-2H3. The van der Waals surface area contributed by atoms with Gasteiger partial charge in [0.1, 0.15) is 11.2 Å². The van der Waals surface area contributed by atoms with E-state index >= 15 is 0 Å². The largest absolute Gasteiger partial charge is 0.456 e. The Balaban J connectivity index is 1.11. The maximum absolute atomic E-state index is 6.07. The molecule has 0 saturated heterocycles. The lowest BCUT2D eigenvalue weighted by Crippen LogP contribution is -2.15. The summed E-state index contributed by atoms with van der Waals surface area (Å²) in [6.45, 7) is 4.76. The number of furan rings is 1. The number of benzene rings is 6. The van der Waals surface area contributed by atoms with E-state index in [-0.39, 0.29) is 5.41 Å². The minimum atomic E-state index is -0.0666. The molecule has 0 fully saturated rings. The quantitative estimate of drug-likeness (QED) is 0.204. The first-order chi connectivity index (χ1) is 20.5. The zero-order valence-electron chi connectivity index (χ0n) is 23.3. The molecule has 42 heavy (non-hydrogen) atoms. The summed E-state index contributed by atoms with van der Waals surface area (Å²) in [4.78, 5) is 5.43. The molecular formula is C39H26OS2. The van der Waals surface area contributed by atoms with Crippen molar-refractivity contribution in [1.29, 1.82) is 0 Å². The Hall–Kier alpha value is -4.18. The Morgan fingerprint density at radius 3 is 1.88 bits per heavy atom. The molecule has 2 heterocycles. The molecule has 0 atom stereocenters. The van der Waals surface area contributed by atoms with Crippen molar-refractivity contribution >= 4 is 45.5 Å². The molecule has 200 valence electrons. The molecule has 1 aliphatic heterocycles. The zero-order chi connectivity index (χ0) is 28.0. The van der Waals surface area contributed by atoms with Crippen LogP contribution in [0.5, 0.6) is 0 Å². The molecule has 1 nitrogen and oxygen atoms in total. The predicted molar refractivity (Wildman–Crippen MR) is 177 cm³/mol. The predicted octanol–water partition coefficient (Wildman–Crippen LogP) is 11.8. The van der Waals surface area contributed by atoms with Crippen molar-refractivity contribution in [2.24, 2.45) is 0 Å². The van der Waals surface area contributed by atoms with Crippen LogP contribution in [0.4, 0.5) is 0 Å². The SMILES string of the molecule is CC1(C)c2cc(-c3cccc(-c4ccc5oc6ccccc6c5c4)c3)ccc2-c2cc3c(cc21)Sc1ccccc1S3. The van der Waals surface area contributed by atoms with Crippen LogP contribution in [0.1, 0.15) is 25.0 Å². The zero-order valence-corrected chi connectivity index (χ0v) is 24.9. The third-order valence-corrected chi connectivity index (χ3v) is 11.5. The van der Waals surface area contributed by atoms with Gasteiger partial charge in [-0.2, -0.15) is 0 Å². The minimum absolute atomic E-state index is 0.0666. The van der Waals surface area contributed by atoms with Gasteiger partial charge in [-0.25, -0.2) is 0 Å². The van der Waals surface area contributed by atoms with E-state index in [0.29, 0.717) is 0 Å². The molecule has 0 saturated carbocycles. The minimum Gasteiger partial charge on any atom is -0.456 e. The lowest BCUT2D eigenvalue weighted by molar-refractivity contribution is 0.658. The lowest BCUT2D eigenvalue weighted by atomic mass is 9.81. The molecule has 0 radical (unpaired) electrons. The van der Waals surface area contributed by atoms with Gasteiger partial charge in [-0.15, -0.1) is 0 Å². The van der Waals surface area contributed by atoms with Gasteiger partial charge >= 0.3 is 0 Å². The van der Waals surface area contributed by atoms with Crippen LogP contribution in [0.3, 0.4) is 0 Å². The van der Waals surface area contributed by atoms with Crippen LogP contribution >= 0.6 is 23.5 Å². The van der Waals surface area contributed by atoms with Crippen LogP contribution in [0.25, 0.3) is 55.3 Å². The summed E-state index contributed by atoms with van der Waals surface area (Å²) in [5, 5.41) is 2.32. The van der Waals surface area contributed by atoms with Crippen molar-refractivity contribution in [1.82, 2.24) is 0 Å². The molecule has 0 bridgehead atoms. The number of hydrogen-bond donors (Lipinski definition) is 0. The van der Waals surface area contributed by atoms with Crippen molar-refractivity contribution in [2.75, 3.05) is 0 Å². The van der Waals surface area contributed by atoms with Crippen LogP contribution < -0.4 is 0 Å². The van der Waals surface area contributed by atoms with E-state index in [2.05, 4.69) is 123 Å². The molecule has 6 aromatic carbocycles. The van der Waals surface area contributed by atoms with Gasteiger partial charge in [-0.1, -0.05) is 104 Å². The van der Waals surface area contributed by atoms with Gasteiger partial charge in [-0.3, -0.25) is 0 Å². The van der Waals surface area contributed by atoms with E-state index in [4.69, 9.17) is 4.42 Å². The first-order valence-electron chi connectivity index (χ1n) is 14.3. The summed E-state index contributed by atoms with van der Waals surface area (Å²) in [5.74, 6) is 0. The van der Waals surface area contributed by atoms with Gasteiger partial charge in [0.15, 0.2) is 0 Å². The van der Waals surface area contributed by atoms with Crippen molar-refractivity contribution in [3.05, 3.63) is 132 Å². The normalized spacial score (nSPS) is 14.4. The molecule has 3 heteroatoms. The molecule has 1 aliphatic carbocycles. The Kier molecular flexibility index (Phi) is 5.18. The third-order valence-electron chi connectivity index (χ3n) is 8.94. The highest BCUT2D eigenvalue weighted by molar-refractivity contribution is 8.05. The molecule has 9 rings (SSSR count). The van der Waals surface area contributed by atoms with Crippen LogP contribution in [-0.4, -0.2) is 0 Å². The fraction of sp³-hybridized carbons (Fsp3) is 0.0769. The van der Waals surface area contributed by atoms with Crippen molar-refractivity contribution in [3.63, 3.8) is 0 Å². The average Bonchev–Trinajstić information content (AvgIpc) is 3.50. The average molecular weight is 575 g/mol. The maximum Gasteiger partial charge on any atom is 0.135 e. The second-order valence-corrected chi connectivity index (χ2v) is 13.9. The topological polar surface area (TPSA) is 13.1 Å². The molecule has 0 amide bonds. The maximum atomic E-state index is 6.07. The van der Waals surface area contributed by atoms with E-state index < -0.39 is 0 Å². The first kappa shape index (κ1) is 24.4. The lowest BCUT2D eigenvalue weighted by Gasteiger charge is -2.24. The number of fused-ring (bicyclic) bond motifs is 8. The summed E-state index contributed by atoms with van der Waals surface area (Å²) in [6, 6.07) is 44.4. The van der Waals surface area contributed by atoms with Crippen LogP contribution in [-0.2, 0) is 5.41 Å². The van der Waals surface area contributed by atoms with Crippen LogP contribution in [0.15, 0.2) is 145 Å². The van der Waals surface area contributed by atoms with Crippen LogP contribution in [0, 0.1) is 0 Å². The third kappa shape index (κ3) is 3.60. The highest BCUT2D eigenvalue weighted by Crippen LogP contribution is 2.56. The Morgan fingerprint density at radius 2 is 1.07 bits per heavy atom. The van der Waals surface area contributed by atoms with E-state index in [0.717, 1.165) is 21.9 Å². The van der Waals surface area contributed by atoms with Gasteiger partial charge in [0.2, 0.25) is 0 Å². The molecule has 1 aromatic heterocycles. The highest BCUT2D eigenvalue weighted by atomic mass is 32.2. The van der Waals surface area contributed by atoms with E-state index in [1.54, 1.807) is 0 Å². The Morgan fingerprint density at radius 1 is 0.452 bits per heavy atom. The van der Waals surface area contributed by atoms with Gasteiger partial charge in [0.25, 0.3) is 0 Å². The van der Waals surface area contributed by atoms with Crippen LogP contribution in [0.2, 0.25) is 0 Å². The Labute approximate surface area is 253 Å².